The van der Waals surface area contributed by atoms with E-state index in [0.717, 1.165) is 67.1 Å². The topological polar surface area (TPSA) is 33.5 Å². The summed E-state index contributed by atoms with van der Waals surface area (Å²) in [5.74, 6) is -8.91. The molecule has 0 unspecified atom stereocenters. The number of pyridine rings is 1. The first-order chi connectivity index (χ1) is 33.0. The van der Waals surface area contributed by atoms with E-state index in [9.17, 15) is 17.6 Å². The molecule has 1 aliphatic rings. The molecule has 9 aromatic rings. The first-order valence-corrected chi connectivity index (χ1v) is 22.9. The molecule has 0 radical (unpaired) electrons. The lowest BCUT2D eigenvalue weighted by atomic mass is 9.87. The molecule has 0 N–H and O–H groups in total. The first kappa shape index (κ1) is 45.3. The summed E-state index contributed by atoms with van der Waals surface area (Å²) in [6, 6.07) is 41.6. The minimum absolute atomic E-state index is 0.0980. The number of rotatable bonds is 9. The molecule has 0 aliphatic carbocycles. The fourth-order valence-corrected chi connectivity index (χ4v) is 9.51. The molecule has 1 aliphatic heterocycles. The molecule has 0 fully saturated rings. The molecule has 0 bridgehead atoms. The van der Waals surface area contributed by atoms with E-state index >= 15 is 8.78 Å². The molecule has 2 aromatic heterocycles. The molecule has 348 valence electrons. The molecule has 10 rings (SSSR count). The number of benzene rings is 7. The predicted octanol–water partition coefficient (Wildman–Crippen LogP) is 16.9. The van der Waals surface area contributed by atoms with Crippen molar-refractivity contribution in [1.29, 1.82) is 0 Å². The van der Waals surface area contributed by atoms with Crippen molar-refractivity contribution in [3.8, 4) is 39.6 Å². The summed E-state index contributed by atoms with van der Waals surface area (Å²) >= 11 is 0. The van der Waals surface area contributed by atoms with Crippen LogP contribution in [0.25, 0.3) is 49.9 Å². The monoisotopic (exact) mass is 930 g/mol. The van der Waals surface area contributed by atoms with Crippen LogP contribution in [0.2, 0.25) is 0 Å². The Balaban J connectivity index is 1.10. The van der Waals surface area contributed by atoms with Gasteiger partial charge in [-0.3, -0.25) is 4.57 Å². The Kier molecular flexibility index (Phi) is 11.3. The van der Waals surface area contributed by atoms with E-state index in [0.29, 0.717) is 22.6 Å². The van der Waals surface area contributed by atoms with Gasteiger partial charge in [-0.2, -0.15) is 0 Å². The number of ether oxygens (including phenoxy) is 1. The maximum absolute atomic E-state index is 15.4. The van der Waals surface area contributed by atoms with E-state index in [1.165, 1.54) is 24.3 Å². The van der Waals surface area contributed by atoms with Crippen LogP contribution in [0.4, 0.5) is 49.1 Å². The van der Waals surface area contributed by atoms with Gasteiger partial charge < -0.3 is 14.5 Å². The smallest absolute Gasteiger partial charge is 0.200 e. The standard InChI is InChI=1S/C58H48F6N4O/c1-32(2)44-26-36(51-52(60)54(62)56(64)55(63)53(51)61)27-45(33(3)4)57(44)67-31-66(47-14-10-11-15-48(47)67)39-24-35(34-16-18-38(59)19-17-34)25-41(29-39)69-40-20-21-43-42-12-8-9-13-46(42)68(49(43)30-40)50-28-37(22-23-65-50)58(5,6)7/h8-30,32-33H,31H2,1-7H3. The van der Waals surface area contributed by atoms with E-state index in [1.807, 2.05) is 107 Å². The zero-order valence-electron chi connectivity index (χ0n) is 39.1. The van der Waals surface area contributed by atoms with Crippen molar-refractivity contribution < 1.29 is 31.1 Å². The molecule has 3 heterocycles. The Morgan fingerprint density at radius 3 is 1.80 bits per heavy atom. The quantitative estimate of drug-likeness (QED) is 0.0820. The summed E-state index contributed by atoms with van der Waals surface area (Å²) in [6.45, 7) is 14.5. The summed E-state index contributed by atoms with van der Waals surface area (Å²) in [7, 11) is 0. The van der Waals surface area contributed by atoms with Crippen molar-refractivity contribution in [3.63, 3.8) is 0 Å². The average Bonchev–Trinajstić information content (AvgIpc) is 3.88. The number of halogens is 6. The molecule has 0 saturated heterocycles. The highest BCUT2D eigenvalue weighted by Crippen LogP contribution is 2.51. The van der Waals surface area contributed by atoms with Gasteiger partial charge in [0.2, 0.25) is 5.82 Å². The van der Waals surface area contributed by atoms with Gasteiger partial charge in [0, 0.05) is 40.5 Å². The largest absolute Gasteiger partial charge is 0.457 e. The van der Waals surface area contributed by atoms with E-state index in [2.05, 4.69) is 59.4 Å². The number of hydrogen-bond donors (Lipinski definition) is 0. The van der Waals surface area contributed by atoms with Crippen LogP contribution in [0.15, 0.2) is 140 Å². The van der Waals surface area contributed by atoms with Crippen molar-refractivity contribution in [2.75, 3.05) is 16.5 Å². The molecular weight excluding hydrogens is 883 g/mol. The summed E-state index contributed by atoms with van der Waals surface area (Å²) < 4.78 is 97.7. The van der Waals surface area contributed by atoms with Gasteiger partial charge in [-0.05, 0) is 129 Å². The second-order valence-electron chi connectivity index (χ2n) is 19.3. The number of para-hydroxylation sites is 3. The molecule has 7 aromatic carbocycles. The highest BCUT2D eigenvalue weighted by Gasteiger charge is 2.34. The molecule has 69 heavy (non-hydrogen) atoms. The third-order valence-corrected chi connectivity index (χ3v) is 13.0. The number of fused-ring (bicyclic) bond motifs is 4. The molecule has 0 spiro atoms. The van der Waals surface area contributed by atoms with E-state index in [4.69, 9.17) is 9.72 Å². The summed E-state index contributed by atoms with van der Waals surface area (Å²) in [6.07, 6.45) is 1.85. The minimum Gasteiger partial charge on any atom is -0.457 e. The van der Waals surface area contributed by atoms with Gasteiger partial charge in [0.25, 0.3) is 0 Å². The van der Waals surface area contributed by atoms with Gasteiger partial charge >= 0.3 is 0 Å². The van der Waals surface area contributed by atoms with E-state index < -0.39 is 34.6 Å². The van der Waals surface area contributed by atoms with Crippen LogP contribution < -0.4 is 14.5 Å². The lowest BCUT2D eigenvalue weighted by Crippen LogP contribution is -2.26. The van der Waals surface area contributed by atoms with Crippen molar-refractivity contribution in [1.82, 2.24) is 9.55 Å². The maximum atomic E-state index is 15.4. The molecule has 0 amide bonds. The van der Waals surface area contributed by atoms with Gasteiger partial charge in [0.1, 0.15) is 29.8 Å². The van der Waals surface area contributed by atoms with Crippen molar-refractivity contribution in [2.24, 2.45) is 0 Å². The zero-order valence-corrected chi connectivity index (χ0v) is 39.1. The zero-order chi connectivity index (χ0) is 48.6. The fourth-order valence-electron chi connectivity index (χ4n) is 9.51. The normalized spacial score (nSPS) is 12.9. The summed E-state index contributed by atoms with van der Waals surface area (Å²) in [5.41, 5.74) is 7.97. The lowest BCUT2D eigenvalue weighted by molar-refractivity contribution is 0.381. The minimum atomic E-state index is -2.20. The first-order valence-electron chi connectivity index (χ1n) is 22.9. The third kappa shape index (κ3) is 7.93. The van der Waals surface area contributed by atoms with Gasteiger partial charge in [-0.25, -0.2) is 31.3 Å². The number of nitrogens with zero attached hydrogens (tertiary/aromatic N) is 4. The van der Waals surface area contributed by atoms with Gasteiger partial charge in [0.15, 0.2) is 23.3 Å². The molecular formula is C58H48F6N4O. The van der Waals surface area contributed by atoms with Crippen LogP contribution in [0.3, 0.4) is 0 Å². The number of anilines is 4. The van der Waals surface area contributed by atoms with Crippen molar-refractivity contribution >= 4 is 44.6 Å². The van der Waals surface area contributed by atoms with Gasteiger partial charge in [-0.15, -0.1) is 0 Å². The number of aromatic nitrogens is 2. The Labute approximate surface area is 396 Å². The Morgan fingerprint density at radius 2 is 1.14 bits per heavy atom. The van der Waals surface area contributed by atoms with Crippen LogP contribution >= 0.6 is 0 Å². The van der Waals surface area contributed by atoms with Crippen LogP contribution in [0.5, 0.6) is 11.5 Å². The van der Waals surface area contributed by atoms with Gasteiger partial charge in [-0.1, -0.05) is 90.9 Å². The van der Waals surface area contributed by atoms with Crippen molar-refractivity contribution in [3.05, 3.63) is 191 Å². The summed E-state index contributed by atoms with van der Waals surface area (Å²) in [5, 5.41) is 2.12. The van der Waals surface area contributed by atoms with Crippen LogP contribution in [-0.2, 0) is 5.41 Å². The Hall–Kier alpha value is -7.53. The van der Waals surface area contributed by atoms with E-state index in [-0.39, 0.29) is 35.3 Å². The highest BCUT2D eigenvalue weighted by molar-refractivity contribution is 6.09. The predicted molar refractivity (Wildman–Crippen MR) is 265 cm³/mol. The van der Waals surface area contributed by atoms with Crippen LogP contribution in [-0.4, -0.2) is 16.2 Å². The van der Waals surface area contributed by atoms with Gasteiger partial charge in [0.05, 0.1) is 28.0 Å². The second-order valence-corrected chi connectivity index (χ2v) is 19.3. The van der Waals surface area contributed by atoms with E-state index in [1.54, 1.807) is 12.1 Å². The van der Waals surface area contributed by atoms with Crippen LogP contribution in [0.1, 0.15) is 77.0 Å². The molecule has 0 saturated carbocycles. The molecule has 0 atom stereocenters. The Morgan fingerprint density at radius 1 is 0.536 bits per heavy atom. The Bertz CT molecular complexity index is 3430. The third-order valence-electron chi connectivity index (χ3n) is 13.0. The lowest BCUT2D eigenvalue weighted by Gasteiger charge is -2.30. The fraction of sp³-hybridized carbons (Fsp3) is 0.190. The SMILES string of the molecule is CC(C)c1cc(-c2c(F)c(F)c(F)c(F)c2F)cc(C(C)C)c1N1CN(c2cc(Oc3ccc4c5ccccc5n(-c5cc(C(C)(C)C)ccn5)c4c3)cc(-c3ccc(F)cc3)c2)c2ccccc21. The second kappa shape index (κ2) is 17.2. The maximum Gasteiger partial charge on any atom is 0.200 e. The highest BCUT2D eigenvalue weighted by atomic mass is 19.2. The number of hydrogen-bond acceptors (Lipinski definition) is 4. The average molecular weight is 931 g/mol. The summed E-state index contributed by atoms with van der Waals surface area (Å²) in [4.78, 5) is 9.11. The van der Waals surface area contributed by atoms with Crippen LogP contribution in [0, 0.1) is 34.9 Å². The molecule has 11 heteroatoms. The van der Waals surface area contributed by atoms with Crippen molar-refractivity contribution in [2.45, 2.75) is 65.7 Å². The molecule has 5 nitrogen and oxygen atoms in total.